The lowest BCUT2D eigenvalue weighted by Crippen LogP contribution is -2.01. The van der Waals surface area contributed by atoms with Gasteiger partial charge in [0.25, 0.3) is 0 Å². The van der Waals surface area contributed by atoms with Crippen molar-refractivity contribution in [3.8, 4) is 0 Å². The molecule has 2 rings (SSSR count). The van der Waals surface area contributed by atoms with Crippen molar-refractivity contribution in [2.45, 2.75) is 59.3 Å². The van der Waals surface area contributed by atoms with E-state index in [1.165, 1.54) is 37.7 Å². The largest absolute Gasteiger partial charge is 0.0808 e. The van der Waals surface area contributed by atoms with Crippen molar-refractivity contribution in [3.05, 3.63) is 46.6 Å². The van der Waals surface area contributed by atoms with E-state index in [1.807, 2.05) is 0 Å². The van der Waals surface area contributed by atoms with E-state index in [-0.39, 0.29) is 0 Å². The summed E-state index contributed by atoms with van der Waals surface area (Å²) < 4.78 is 0. The van der Waals surface area contributed by atoms with Gasteiger partial charge in [-0.25, -0.2) is 0 Å². The van der Waals surface area contributed by atoms with Crippen LogP contribution in [0.2, 0.25) is 0 Å². The first-order valence-corrected chi connectivity index (χ1v) is 7.42. The van der Waals surface area contributed by atoms with Crippen molar-refractivity contribution in [1.82, 2.24) is 0 Å². The van der Waals surface area contributed by atoms with Gasteiger partial charge in [-0.05, 0) is 63.0 Å². The van der Waals surface area contributed by atoms with Gasteiger partial charge < -0.3 is 0 Å². The van der Waals surface area contributed by atoms with E-state index in [2.05, 4.69) is 45.1 Å². The molecule has 0 N–H and O–H groups in total. The third-order valence-electron chi connectivity index (χ3n) is 4.18. The van der Waals surface area contributed by atoms with E-state index in [0.717, 1.165) is 12.3 Å². The molecule has 1 unspecified atom stereocenters. The van der Waals surface area contributed by atoms with Crippen LogP contribution < -0.4 is 0 Å². The molecule has 0 aliphatic heterocycles. The molecule has 0 fully saturated rings. The van der Waals surface area contributed by atoms with Crippen LogP contribution in [0.3, 0.4) is 0 Å². The molecule has 0 heterocycles. The second kappa shape index (κ2) is 6.22. The highest BCUT2D eigenvalue weighted by Crippen LogP contribution is 2.30. The summed E-state index contributed by atoms with van der Waals surface area (Å²) in [5, 5.41) is 0. The molecule has 0 aromatic rings. The van der Waals surface area contributed by atoms with Crippen molar-refractivity contribution < 1.29 is 0 Å². The zero-order valence-corrected chi connectivity index (χ0v) is 12.1. The van der Waals surface area contributed by atoms with Crippen molar-refractivity contribution >= 4 is 0 Å². The molecule has 2 aliphatic carbocycles. The highest BCUT2D eigenvalue weighted by molar-refractivity contribution is 5.39. The zero-order chi connectivity index (χ0) is 13.0. The Morgan fingerprint density at radius 2 is 2.06 bits per heavy atom. The van der Waals surface area contributed by atoms with Gasteiger partial charge in [-0.2, -0.15) is 0 Å². The molecule has 2 aliphatic rings. The van der Waals surface area contributed by atoms with Crippen molar-refractivity contribution in [1.29, 1.82) is 0 Å². The average Bonchev–Trinajstić information content (AvgIpc) is 2.37. The fraction of sp³-hybridized carbons (Fsp3) is 0.556. The Labute approximate surface area is 112 Å². The van der Waals surface area contributed by atoms with E-state index < -0.39 is 0 Å². The van der Waals surface area contributed by atoms with Crippen LogP contribution in [0, 0.1) is 5.92 Å². The van der Waals surface area contributed by atoms with Gasteiger partial charge in [0.2, 0.25) is 0 Å². The molecule has 0 nitrogen and oxygen atoms in total. The SMILES string of the molecule is CCCC1C=CC(CC2=C(C)CCC(C)=C2)=CC1. The number of hydrogen-bond donors (Lipinski definition) is 0. The molecular weight excluding hydrogens is 216 g/mol. The number of allylic oxidation sites excluding steroid dienone is 8. The Bertz CT molecular complexity index is 415. The smallest absolute Gasteiger partial charge is 0.00296 e. The predicted molar refractivity (Wildman–Crippen MR) is 80.5 cm³/mol. The first-order valence-electron chi connectivity index (χ1n) is 7.42. The minimum atomic E-state index is 0.789. The molecule has 0 aromatic carbocycles. The quantitative estimate of drug-likeness (QED) is 0.590. The molecule has 0 heteroatoms. The Balaban J connectivity index is 1.98. The van der Waals surface area contributed by atoms with Gasteiger partial charge in [0.05, 0.1) is 0 Å². The first-order chi connectivity index (χ1) is 8.69. The van der Waals surface area contributed by atoms with E-state index in [1.54, 1.807) is 16.7 Å². The van der Waals surface area contributed by atoms with Gasteiger partial charge in [0.15, 0.2) is 0 Å². The fourth-order valence-corrected chi connectivity index (χ4v) is 2.88. The first kappa shape index (κ1) is 13.4. The molecule has 0 amide bonds. The van der Waals surface area contributed by atoms with Crippen molar-refractivity contribution in [2.24, 2.45) is 5.92 Å². The fourth-order valence-electron chi connectivity index (χ4n) is 2.88. The van der Waals surface area contributed by atoms with Crippen LogP contribution in [-0.2, 0) is 0 Å². The van der Waals surface area contributed by atoms with E-state index in [9.17, 15) is 0 Å². The summed E-state index contributed by atoms with van der Waals surface area (Å²) in [6, 6.07) is 0. The maximum Gasteiger partial charge on any atom is -0.00296 e. The highest BCUT2D eigenvalue weighted by Gasteiger charge is 2.12. The monoisotopic (exact) mass is 242 g/mol. The summed E-state index contributed by atoms with van der Waals surface area (Å²) in [4.78, 5) is 0. The summed E-state index contributed by atoms with van der Waals surface area (Å²) in [5.41, 5.74) is 6.21. The molecule has 0 spiro atoms. The van der Waals surface area contributed by atoms with Gasteiger partial charge in [-0.15, -0.1) is 0 Å². The van der Waals surface area contributed by atoms with Gasteiger partial charge in [0.1, 0.15) is 0 Å². The second-order valence-electron chi connectivity index (χ2n) is 5.90. The zero-order valence-electron chi connectivity index (χ0n) is 12.1. The molecule has 0 radical (unpaired) electrons. The van der Waals surface area contributed by atoms with Gasteiger partial charge in [-0.3, -0.25) is 0 Å². The minimum Gasteiger partial charge on any atom is -0.0808 e. The molecular formula is C18H26. The normalized spacial score (nSPS) is 24.1. The summed E-state index contributed by atoms with van der Waals surface area (Å²) in [5.74, 6) is 0.789. The van der Waals surface area contributed by atoms with Gasteiger partial charge in [-0.1, -0.05) is 48.8 Å². The summed E-state index contributed by atoms with van der Waals surface area (Å²) in [6.45, 7) is 6.83. The lowest BCUT2D eigenvalue weighted by atomic mass is 9.87. The maximum atomic E-state index is 2.46. The minimum absolute atomic E-state index is 0.789. The lowest BCUT2D eigenvalue weighted by molar-refractivity contribution is 0.580. The number of hydrogen-bond acceptors (Lipinski definition) is 0. The molecule has 0 bridgehead atoms. The van der Waals surface area contributed by atoms with Crippen molar-refractivity contribution in [3.63, 3.8) is 0 Å². The third-order valence-corrected chi connectivity index (χ3v) is 4.18. The van der Waals surface area contributed by atoms with Crippen molar-refractivity contribution in [2.75, 3.05) is 0 Å². The van der Waals surface area contributed by atoms with Crippen LogP contribution in [0.1, 0.15) is 59.3 Å². The van der Waals surface area contributed by atoms with E-state index >= 15 is 0 Å². The van der Waals surface area contributed by atoms with E-state index in [4.69, 9.17) is 0 Å². The topological polar surface area (TPSA) is 0 Å². The van der Waals surface area contributed by atoms with Crippen LogP contribution >= 0.6 is 0 Å². The summed E-state index contributed by atoms with van der Waals surface area (Å²) >= 11 is 0. The molecule has 0 saturated heterocycles. The lowest BCUT2D eigenvalue weighted by Gasteiger charge is -2.19. The molecule has 0 aromatic heterocycles. The van der Waals surface area contributed by atoms with Gasteiger partial charge >= 0.3 is 0 Å². The van der Waals surface area contributed by atoms with Crippen LogP contribution in [0.15, 0.2) is 46.6 Å². The van der Waals surface area contributed by atoms with Crippen LogP contribution in [0.4, 0.5) is 0 Å². The molecule has 1 atom stereocenters. The Morgan fingerprint density at radius 1 is 1.22 bits per heavy atom. The Hall–Kier alpha value is -1.04. The molecule has 98 valence electrons. The standard InChI is InChI=1S/C18H26/c1-4-5-16-8-10-17(11-9-16)13-18-12-14(2)6-7-15(18)3/h8,10-12,16H,4-7,9,13H2,1-3H3. The van der Waals surface area contributed by atoms with Crippen LogP contribution in [-0.4, -0.2) is 0 Å². The number of rotatable bonds is 4. The van der Waals surface area contributed by atoms with Crippen LogP contribution in [0.5, 0.6) is 0 Å². The van der Waals surface area contributed by atoms with Gasteiger partial charge in [0, 0.05) is 0 Å². The third kappa shape index (κ3) is 3.48. The highest BCUT2D eigenvalue weighted by atomic mass is 14.2. The molecule has 0 saturated carbocycles. The maximum absolute atomic E-state index is 2.46. The van der Waals surface area contributed by atoms with Crippen LogP contribution in [0.25, 0.3) is 0 Å². The predicted octanol–water partition coefficient (Wildman–Crippen LogP) is 5.74. The van der Waals surface area contributed by atoms with E-state index in [0.29, 0.717) is 0 Å². The Morgan fingerprint density at radius 3 is 2.72 bits per heavy atom. The Kier molecular flexibility index (Phi) is 4.63. The summed E-state index contributed by atoms with van der Waals surface area (Å²) in [6.07, 6.45) is 17.2. The average molecular weight is 242 g/mol. The molecule has 18 heavy (non-hydrogen) atoms. The second-order valence-corrected chi connectivity index (χ2v) is 5.90. The summed E-state index contributed by atoms with van der Waals surface area (Å²) in [7, 11) is 0.